The van der Waals surface area contributed by atoms with Gasteiger partial charge in [-0.05, 0) is 67.3 Å². The van der Waals surface area contributed by atoms with Crippen LogP contribution in [0.4, 0.5) is 0 Å². The van der Waals surface area contributed by atoms with Crippen molar-refractivity contribution in [3.63, 3.8) is 0 Å². The summed E-state index contributed by atoms with van der Waals surface area (Å²) in [4.78, 5) is 16.8. The Bertz CT molecular complexity index is 839. The van der Waals surface area contributed by atoms with Crippen LogP contribution in [0.5, 0.6) is 0 Å². The number of rotatable bonds is 3. The van der Waals surface area contributed by atoms with Crippen LogP contribution in [0.1, 0.15) is 51.5 Å². The minimum absolute atomic E-state index is 0.120. The largest absolute Gasteiger partial charge is 0.381 e. The lowest BCUT2D eigenvalue weighted by Crippen LogP contribution is -2.31. The molecule has 4 nitrogen and oxygen atoms in total. The van der Waals surface area contributed by atoms with Crippen molar-refractivity contribution in [3.05, 3.63) is 45.8 Å². The maximum Gasteiger partial charge on any atom is 0.264 e. The van der Waals surface area contributed by atoms with Gasteiger partial charge in [0.15, 0.2) is 0 Å². The third-order valence-electron chi connectivity index (χ3n) is 5.84. The first-order chi connectivity index (χ1) is 13.0. The standard InChI is InChI=1S/C22H28N2O2S/c1-14-11-17(3-4-19(14)16-6-9-26-10-7-16)20-12-15(2)21(27-20)22(25)24-8-5-18(23)13-24/h3-4,11-12,16,18H,5-10,13,23H2,1-2H3/t18-/m0/s1. The Balaban J connectivity index is 1.57. The Morgan fingerprint density at radius 2 is 1.93 bits per heavy atom. The molecule has 144 valence electrons. The number of hydrogen-bond donors (Lipinski definition) is 1. The van der Waals surface area contributed by atoms with E-state index in [0.29, 0.717) is 12.5 Å². The van der Waals surface area contributed by atoms with Gasteiger partial charge >= 0.3 is 0 Å². The van der Waals surface area contributed by atoms with E-state index in [0.717, 1.165) is 49.5 Å². The Morgan fingerprint density at radius 3 is 2.59 bits per heavy atom. The molecule has 2 aromatic rings. The first kappa shape index (κ1) is 18.7. The van der Waals surface area contributed by atoms with Gasteiger partial charge in [-0.3, -0.25) is 4.79 Å². The zero-order chi connectivity index (χ0) is 19.0. The number of carbonyl (C=O) groups is 1. The molecule has 2 aliphatic heterocycles. The molecule has 0 aliphatic carbocycles. The highest BCUT2D eigenvalue weighted by atomic mass is 32.1. The van der Waals surface area contributed by atoms with Gasteiger partial charge in [-0.15, -0.1) is 11.3 Å². The lowest BCUT2D eigenvalue weighted by atomic mass is 9.88. The quantitative estimate of drug-likeness (QED) is 0.867. The van der Waals surface area contributed by atoms with Crippen molar-refractivity contribution in [2.75, 3.05) is 26.3 Å². The van der Waals surface area contributed by atoms with Gasteiger partial charge < -0.3 is 15.4 Å². The minimum Gasteiger partial charge on any atom is -0.381 e. The zero-order valence-corrected chi connectivity index (χ0v) is 17.0. The van der Waals surface area contributed by atoms with Gasteiger partial charge in [-0.1, -0.05) is 18.2 Å². The van der Waals surface area contributed by atoms with Gasteiger partial charge in [0.2, 0.25) is 0 Å². The second-order valence-corrected chi connectivity index (χ2v) is 8.93. The van der Waals surface area contributed by atoms with Gasteiger partial charge in [-0.2, -0.15) is 0 Å². The maximum atomic E-state index is 12.9. The number of nitrogens with two attached hydrogens (primary N) is 1. The number of thiophene rings is 1. The molecule has 2 aliphatic rings. The summed E-state index contributed by atoms with van der Waals surface area (Å²) in [6.07, 6.45) is 3.11. The van der Waals surface area contributed by atoms with Crippen LogP contribution >= 0.6 is 11.3 Å². The van der Waals surface area contributed by atoms with Crippen LogP contribution in [-0.4, -0.2) is 43.2 Å². The predicted octanol–water partition coefficient (Wildman–Crippen LogP) is 4.10. The molecule has 1 aromatic carbocycles. The monoisotopic (exact) mass is 384 g/mol. The minimum atomic E-state index is 0.120. The molecule has 1 atom stereocenters. The molecule has 0 saturated carbocycles. The van der Waals surface area contributed by atoms with Crippen molar-refractivity contribution in [2.45, 2.75) is 45.1 Å². The summed E-state index contributed by atoms with van der Waals surface area (Å²) < 4.78 is 5.50. The molecule has 4 rings (SSSR count). The summed E-state index contributed by atoms with van der Waals surface area (Å²) in [5.74, 6) is 0.738. The topological polar surface area (TPSA) is 55.6 Å². The fourth-order valence-electron chi connectivity index (χ4n) is 4.25. The number of carbonyl (C=O) groups excluding carboxylic acids is 1. The van der Waals surface area contributed by atoms with Crippen molar-refractivity contribution in [1.29, 1.82) is 0 Å². The van der Waals surface area contributed by atoms with Crippen LogP contribution in [0.25, 0.3) is 10.4 Å². The van der Waals surface area contributed by atoms with E-state index < -0.39 is 0 Å². The Morgan fingerprint density at radius 1 is 1.15 bits per heavy atom. The average Bonchev–Trinajstić information content (AvgIpc) is 3.28. The highest BCUT2D eigenvalue weighted by Gasteiger charge is 2.27. The number of hydrogen-bond acceptors (Lipinski definition) is 4. The molecule has 0 spiro atoms. The van der Waals surface area contributed by atoms with Crippen LogP contribution < -0.4 is 5.73 Å². The van der Waals surface area contributed by atoms with Crippen LogP contribution in [-0.2, 0) is 4.74 Å². The van der Waals surface area contributed by atoms with Crippen molar-refractivity contribution >= 4 is 17.2 Å². The normalized spacial score (nSPS) is 21.0. The number of ether oxygens (including phenoxy) is 1. The van der Waals surface area contributed by atoms with Crippen LogP contribution in [0.2, 0.25) is 0 Å². The zero-order valence-electron chi connectivity index (χ0n) is 16.2. The van der Waals surface area contributed by atoms with E-state index in [1.807, 2.05) is 11.8 Å². The molecule has 0 unspecified atom stereocenters. The maximum absolute atomic E-state index is 12.9. The second-order valence-electron chi connectivity index (χ2n) is 7.88. The Hall–Kier alpha value is -1.69. The number of nitrogens with zero attached hydrogens (tertiary/aromatic N) is 1. The van der Waals surface area contributed by atoms with Crippen LogP contribution in [0.15, 0.2) is 24.3 Å². The fraction of sp³-hybridized carbons (Fsp3) is 0.500. The molecular formula is C22H28N2O2S. The van der Waals surface area contributed by atoms with Gasteiger partial charge in [0.1, 0.15) is 0 Å². The number of likely N-dealkylation sites (tertiary alicyclic amines) is 1. The molecule has 3 heterocycles. The number of amides is 1. The molecule has 2 fully saturated rings. The fourth-order valence-corrected chi connectivity index (χ4v) is 5.38. The third kappa shape index (κ3) is 3.82. The molecule has 27 heavy (non-hydrogen) atoms. The molecule has 1 aromatic heterocycles. The predicted molar refractivity (Wildman–Crippen MR) is 111 cm³/mol. The first-order valence-corrected chi connectivity index (χ1v) is 10.7. The smallest absolute Gasteiger partial charge is 0.264 e. The van der Waals surface area contributed by atoms with E-state index in [4.69, 9.17) is 10.5 Å². The van der Waals surface area contributed by atoms with E-state index in [1.165, 1.54) is 21.6 Å². The van der Waals surface area contributed by atoms with Gasteiger partial charge in [0, 0.05) is 37.2 Å². The molecule has 2 N–H and O–H groups in total. The van der Waals surface area contributed by atoms with E-state index in [1.54, 1.807) is 11.3 Å². The lowest BCUT2D eigenvalue weighted by molar-refractivity contribution is 0.0795. The van der Waals surface area contributed by atoms with Crippen molar-refractivity contribution < 1.29 is 9.53 Å². The molecule has 0 bridgehead atoms. The third-order valence-corrected chi connectivity index (χ3v) is 7.11. The van der Waals surface area contributed by atoms with Crippen molar-refractivity contribution in [1.82, 2.24) is 4.90 Å². The SMILES string of the molecule is Cc1cc(-c2cc(C)c(C(=O)N3CC[C@H](N)C3)s2)ccc1C1CCOCC1. The summed E-state index contributed by atoms with van der Waals surface area (Å²) >= 11 is 1.61. The van der Waals surface area contributed by atoms with E-state index in [2.05, 4.69) is 31.2 Å². The van der Waals surface area contributed by atoms with Gasteiger partial charge in [-0.25, -0.2) is 0 Å². The Kier molecular flexibility index (Phi) is 5.35. The van der Waals surface area contributed by atoms with Crippen LogP contribution in [0, 0.1) is 13.8 Å². The van der Waals surface area contributed by atoms with Crippen molar-refractivity contribution in [3.8, 4) is 10.4 Å². The Labute approximate surface area is 165 Å². The van der Waals surface area contributed by atoms with E-state index >= 15 is 0 Å². The van der Waals surface area contributed by atoms with Gasteiger partial charge in [0.25, 0.3) is 5.91 Å². The van der Waals surface area contributed by atoms with Gasteiger partial charge in [0.05, 0.1) is 4.88 Å². The molecule has 2 saturated heterocycles. The highest BCUT2D eigenvalue weighted by Crippen LogP contribution is 2.36. The van der Waals surface area contributed by atoms with E-state index in [-0.39, 0.29) is 11.9 Å². The molecule has 1 amide bonds. The lowest BCUT2D eigenvalue weighted by Gasteiger charge is -2.24. The summed E-state index contributed by atoms with van der Waals surface area (Å²) in [5, 5.41) is 0. The molecule has 5 heteroatoms. The molecule has 0 radical (unpaired) electrons. The second kappa shape index (κ2) is 7.74. The number of benzene rings is 1. The van der Waals surface area contributed by atoms with Crippen LogP contribution in [0.3, 0.4) is 0 Å². The summed E-state index contributed by atoms with van der Waals surface area (Å²) in [6.45, 7) is 7.40. The van der Waals surface area contributed by atoms with E-state index in [9.17, 15) is 4.79 Å². The first-order valence-electron chi connectivity index (χ1n) is 9.87. The summed E-state index contributed by atoms with van der Waals surface area (Å²) in [7, 11) is 0. The highest BCUT2D eigenvalue weighted by molar-refractivity contribution is 7.17. The average molecular weight is 385 g/mol. The van der Waals surface area contributed by atoms with Crippen molar-refractivity contribution in [2.24, 2.45) is 5.73 Å². The number of aryl methyl sites for hydroxylation is 2. The summed E-state index contributed by atoms with van der Waals surface area (Å²) in [5.41, 5.74) is 11.0. The summed E-state index contributed by atoms with van der Waals surface area (Å²) in [6, 6.07) is 9.03. The molecular weight excluding hydrogens is 356 g/mol.